The van der Waals surface area contributed by atoms with E-state index in [2.05, 4.69) is 39.7 Å². The van der Waals surface area contributed by atoms with E-state index in [1.807, 2.05) is 60.7 Å². The third-order valence-corrected chi connectivity index (χ3v) is 5.19. The molecular weight excluding hydrogens is 410 g/mol. The van der Waals surface area contributed by atoms with Crippen molar-refractivity contribution < 1.29 is 9.59 Å². The van der Waals surface area contributed by atoms with Crippen LogP contribution in [0.2, 0.25) is 0 Å². The van der Waals surface area contributed by atoms with Crippen LogP contribution in [0.5, 0.6) is 0 Å². The quantitative estimate of drug-likeness (QED) is 0.516. The number of benzene rings is 2. The van der Waals surface area contributed by atoms with Gasteiger partial charge in [-0.2, -0.15) is 0 Å². The number of carbonyl (C=O) groups is 2. The fraction of sp³-hybridized carbons (Fsp3) is 0.261. The Balaban J connectivity index is 1.68. The van der Waals surface area contributed by atoms with E-state index in [0.29, 0.717) is 29.0 Å². The number of carbonyl (C=O) groups excluding carboxylic acids is 2. The van der Waals surface area contributed by atoms with Crippen LogP contribution in [-0.4, -0.2) is 39.4 Å². The summed E-state index contributed by atoms with van der Waals surface area (Å²) in [6, 6.07) is 18.9. The molecule has 2 N–H and O–H groups in total. The highest BCUT2D eigenvalue weighted by atomic mass is 32.2. The molecule has 0 aliphatic rings. The van der Waals surface area contributed by atoms with Gasteiger partial charge in [0, 0.05) is 17.7 Å². The molecule has 1 heterocycles. The van der Waals surface area contributed by atoms with E-state index < -0.39 is 11.9 Å². The lowest BCUT2D eigenvalue weighted by Gasteiger charge is -2.10. The average molecular weight is 436 g/mol. The van der Waals surface area contributed by atoms with E-state index in [1.165, 1.54) is 0 Å². The Hall–Kier alpha value is -3.26. The molecule has 0 saturated carbocycles. The zero-order valence-electron chi connectivity index (χ0n) is 17.5. The molecule has 0 atom stereocenters. The van der Waals surface area contributed by atoms with Crippen molar-refractivity contribution in [2.75, 3.05) is 12.3 Å². The van der Waals surface area contributed by atoms with E-state index in [4.69, 9.17) is 0 Å². The van der Waals surface area contributed by atoms with Gasteiger partial charge < -0.3 is 5.32 Å². The van der Waals surface area contributed by atoms with Gasteiger partial charge in [-0.25, -0.2) is 9.78 Å². The van der Waals surface area contributed by atoms with Crippen molar-refractivity contribution in [1.82, 2.24) is 25.8 Å². The van der Waals surface area contributed by atoms with Gasteiger partial charge in [0.05, 0.1) is 5.75 Å². The summed E-state index contributed by atoms with van der Waals surface area (Å²) in [5.74, 6) is 0.0796. The zero-order valence-corrected chi connectivity index (χ0v) is 18.4. The monoisotopic (exact) mass is 435 g/mol. The largest absolute Gasteiger partial charge is 0.338 e. The minimum atomic E-state index is -0.491. The first kappa shape index (κ1) is 22.4. The van der Waals surface area contributed by atoms with Crippen molar-refractivity contribution in [3.8, 4) is 22.5 Å². The second-order valence-electron chi connectivity index (χ2n) is 7.30. The van der Waals surface area contributed by atoms with Crippen LogP contribution in [0.15, 0.2) is 65.8 Å². The Bertz CT molecular complexity index is 1010. The van der Waals surface area contributed by atoms with Gasteiger partial charge in [-0.15, -0.1) is 10.2 Å². The van der Waals surface area contributed by atoms with E-state index >= 15 is 0 Å². The molecular formula is C23H25N5O2S. The van der Waals surface area contributed by atoms with Crippen LogP contribution >= 0.6 is 11.8 Å². The Kier molecular flexibility index (Phi) is 8.12. The Labute approximate surface area is 186 Å². The predicted molar refractivity (Wildman–Crippen MR) is 122 cm³/mol. The molecule has 3 aromatic rings. The van der Waals surface area contributed by atoms with Gasteiger partial charge in [-0.1, -0.05) is 86.3 Å². The minimum Gasteiger partial charge on any atom is -0.338 e. The topological polar surface area (TPSA) is 96.9 Å². The Morgan fingerprint density at radius 1 is 0.903 bits per heavy atom. The average Bonchev–Trinajstić information content (AvgIpc) is 2.78. The second kappa shape index (κ2) is 11.2. The third-order valence-electron chi connectivity index (χ3n) is 4.35. The summed E-state index contributed by atoms with van der Waals surface area (Å²) < 4.78 is 0. The molecule has 0 fully saturated rings. The molecule has 3 rings (SSSR count). The molecule has 160 valence electrons. The lowest BCUT2D eigenvalue weighted by Crippen LogP contribution is -2.40. The molecule has 0 aliphatic heterocycles. The van der Waals surface area contributed by atoms with Gasteiger partial charge in [-0.05, 0) is 12.3 Å². The second-order valence-corrected chi connectivity index (χ2v) is 8.24. The van der Waals surface area contributed by atoms with Crippen molar-refractivity contribution in [2.24, 2.45) is 5.92 Å². The maximum Gasteiger partial charge on any atom is 0.321 e. The summed E-state index contributed by atoms with van der Waals surface area (Å²) in [7, 11) is 0. The minimum absolute atomic E-state index is 0.0121. The Morgan fingerprint density at radius 2 is 1.52 bits per heavy atom. The van der Waals surface area contributed by atoms with E-state index in [0.717, 1.165) is 29.3 Å². The Morgan fingerprint density at radius 3 is 2.13 bits per heavy atom. The van der Waals surface area contributed by atoms with E-state index in [1.54, 1.807) is 0 Å². The maximum atomic E-state index is 12.1. The first-order chi connectivity index (χ1) is 15.0. The lowest BCUT2D eigenvalue weighted by atomic mass is 10.0. The molecule has 0 spiro atoms. The number of amides is 3. The van der Waals surface area contributed by atoms with Gasteiger partial charge in [-0.3, -0.25) is 10.1 Å². The van der Waals surface area contributed by atoms with E-state index in [-0.39, 0.29) is 5.75 Å². The third kappa shape index (κ3) is 6.89. The number of urea groups is 1. The predicted octanol–water partition coefficient (Wildman–Crippen LogP) is 4.17. The summed E-state index contributed by atoms with van der Waals surface area (Å²) >= 11 is 1.14. The molecule has 3 amide bonds. The molecule has 0 aliphatic carbocycles. The van der Waals surface area contributed by atoms with Crippen LogP contribution < -0.4 is 10.6 Å². The molecule has 0 bridgehead atoms. The summed E-state index contributed by atoms with van der Waals surface area (Å²) in [5.41, 5.74) is 3.18. The van der Waals surface area contributed by atoms with Gasteiger partial charge in [0.25, 0.3) is 0 Å². The number of thioether (sulfide) groups is 1. The molecule has 7 nitrogen and oxygen atoms in total. The molecule has 0 unspecified atom stereocenters. The molecule has 0 saturated heterocycles. The van der Waals surface area contributed by atoms with Gasteiger partial charge in [0.15, 0.2) is 0 Å². The standard InChI is InChI=1S/C23H25N5O2S/c1-16(2)13-14-24-22(30)25-19(29)15-31-23-26-20(17-9-5-3-6-10-17)21(27-28-23)18-11-7-4-8-12-18/h3-12,16H,13-15H2,1-2H3,(H2,24,25,29,30). The highest BCUT2D eigenvalue weighted by Crippen LogP contribution is 2.29. The smallest absolute Gasteiger partial charge is 0.321 e. The number of imide groups is 1. The lowest BCUT2D eigenvalue weighted by molar-refractivity contribution is -0.117. The van der Waals surface area contributed by atoms with Crippen molar-refractivity contribution in [3.63, 3.8) is 0 Å². The molecule has 31 heavy (non-hydrogen) atoms. The van der Waals surface area contributed by atoms with Crippen LogP contribution in [0.3, 0.4) is 0 Å². The number of hydrogen-bond donors (Lipinski definition) is 2. The van der Waals surface area contributed by atoms with Crippen molar-refractivity contribution >= 4 is 23.7 Å². The summed E-state index contributed by atoms with van der Waals surface area (Å²) in [4.78, 5) is 28.5. The molecule has 2 aromatic carbocycles. The van der Waals surface area contributed by atoms with Gasteiger partial charge >= 0.3 is 6.03 Å². The van der Waals surface area contributed by atoms with Crippen molar-refractivity contribution in [1.29, 1.82) is 0 Å². The van der Waals surface area contributed by atoms with Gasteiger partial charge in [0.1, 0.15) is 11.4 Å². The normalized spacial score (nSPS) is 10.7. The van der Waals surface area contributed by atoms with Crippen molar-refractivity contribution in [2.45, 2.75) is 25.4 Å². The fourth-order valence-corrected chi connectivity index (χ4v) is 3.36. The molecule has 0 radical (unpaired) electrons. The summed E-state index contributed by atoms with van der Waals surface area (Å²) in [5, 5.41) is 13.9. The number of nitrogens with zero attached hydrogens (tertiary/aromatic N) is 3. The van der Waals surface area contributed by atoms with Crippen LogP contribution in [0, 0.1) is 5.92 Å². The zero-order chi connectivity index (χ0) is 22.1. The van der Waals surface area contributed by atoms with Crippen LogP contribution in [0.25, 0.3) is 22.5 Å². The summed E-state index contributed by atoms with van der Waals surface area (Å²) in [6.45, 7) is 4.67. The molecule has 1 aromatic heterocycles. The SMILES string of the molecule is CC(C)CCNC(=O)NC(=O)CSc1nnc(-c2ccccc2)c(-c2ccccc2)n1. The van der Waals surface area contributed by atoms with Crippen LogP contribution in [0.1, 0.15) is 20.3 Å². The van der Waals surface area contributed by atoms with E-state index in [9.17, 15) is 9.59 Å². The number of aromatic nitrogens is 3. The number of nitrogens with one attached hydrogen (secondary N) is 2. The number of rotatable bonds is 8. The van der Waals surface area contributed by atoms with Crippen LogP contribution in [0.4, 0.5) is 4.79 Å². The first-order valence-electron chi connectivity index (χ1n) is 10.1. The van der Waals surface area contributed by atoms with Crippen molar-refractivity contribution in [3.05, 3.63) is 60.7 Å². The summed E-state index contributed by atoms with van der Waals surface area (Å²) in [6.07, 6.45) is 0.853. The molecule has 8 heteroatoms. The number of hydrogen-bond acceptors (Lipinski definition) is 6. The highest BCUT2D eigenvalue weighted by molar-refractivity contribution is 7.99. The highest BCUT2D eigenvalue weighted by Gasteiger charge is 2.15. The fourth-order valence-electron chi connectivity index (χ4n) is 2.77. The van der Waals surface area contributed by atoms with Gasteiger partial charge in [0.2, 0.25) is 11.1 Å². The van der Waals surface area contributed by atoms with Crippen LogP contribution in [-0.2, 0) is 4.79 Å². The maximum absolute atomic E-state index is 12.1. The first-order valence-corrected chi connectivity index (χ1v) is 11.1.